The average molecular weight is 368 g/mol. The van der Waals surface area contributed by atoms with Gasteiger partial charge >= 0.3 is 5.79 Å². The van der Waals surface area contributed by atoms with E-state index in [1.807, 2.05) is 0 Å². The van der Waals surface area contributed by atoms with E-state index in [-0.39, 0.29) is 18.8 Å². The Balaban J connectivity index is 1.61. The van der Waals surface area contributed by atoms with E-state index in [4.69, 9.17) is 28.1 Å². The highest BCUT2D eigenvalue weighted by Gasteiger charge is 2.52. The summed E-state index contributed by atoms with van der Waals surface area (Å²) < 4.78 is 34.0. The lowest BCUT2D eigenvalue weighted by atomic mass is 10.0. The maximum atomic E-state index is 13.2. The zero-order valence-electron chi connectivity index (χ0n) is 14.7. The molecule has 1 aromatic heterocycles. The Hall–Kier alpha value is -3.35. The number of Topliss-reactive ketones (excluding diaryl/α,β-unsaturated/α-hetero) is 1. The Bertz CT molecular complexity index is 1070. The number of methoxy groups -OCH3 is 2. The molecule has 1 spiro atoms. The number of hydrogen-bond donors (Lipinski definition) is 0. The third kappa shape index (κ3) is 2.17. The van der Waals surface area contributed by atoms with Crippen molar-refractivity contribution >= 4 is 16.8 Å². The zero-order chi connectivity index (χ0) is 18.6. The molecule has 1 unspecified atom stereocenters. The second-order valence-electron chi connectivity index (χ2n) is 6.31. The predicted molar refractivity (Wildman–Crippen MR) is 94.2 cm³/mol. The van der Waals surface area contributed by atoms with Crippen LogP contribution in [0, 0.1) is 0 Å². The molecule has 1 atom stereocenters. The summed E-state index contributed by atoms with van der Waals surface area (Å²) in [7, 11) is 3.07. The first kappa shape index (κ1) is 15.9. The number of ketones is 1. The number of hydrogen-bond acceptors (Lipinski definition) is 7. The second-order valence-corrected chi connectivity index (χ2v) is 6.31. The maximum absolute atomic E-state index is 13.2. The van der Waals surface area contributed by atoms with Crippen LogP contribution in [0.15, 0.2) is 41.0 Å². The van der Waals surface area contributed by atoms with Crippen LogP contribution in [0.3, 0.4) is 0 Å². The molecule has 0 saturated carbocycles. The number of ether oxygens (including phenoxy) is 5. The summed E-state index contributed by atoms with van der Waals surface area (Å²) in [6, 6.07) is 8.53. The van der Waals surface area contributed by atoms with E-state index < -0.39 is 5.79 Å². The van der Waals surface area contributed by atoms with E-state index in [0.29, 0.717) is 39.9 Å². The molecule has 0 N–H and O–H groups in total. The van der Waals surface area contributed by atoms with Gasteiger partial charge in [0.15, 0.2) is 23.0 Å². The number of carbonyl (C=O) groups is 1. The third-order valence-electron chi connectivity index (χ3n) is 4.86. The molecule has 0 bridgehead atoms. The highest BCUT2D eigenvalue weighted by Crippen LogP contribution is 2.48. The number of rotatable bonds is 2. The smallest absolute Gasteiger partial charge is 0.319 e. The lowest BCUT2D eigenvalue weighted by Crippen LogP contribution is -2.46. The minimum absolute atomic E-state index is 0.235. The predicted octanol–water partition coefficient (Wildman–Crippen LogP) is 3.58. The number of furan rings is 1. The van der Waals surface area contributed by atoms with Gasteiger partial charge in [0.1, 0.15) is 11.3 Å². The average Bonchev–Trinajstić information content (AvgIpc) is 3.20. The summed E-state index contributed by atoms with van der Waals surface area (Å²) in [4.78, 5) is 13.2. The standard InChI is InChI=1S/C20H16O7/c1-22-14-9-16-17(10-15(14)23-2)26-20(6-8-25-16)19(21)12-3-4-13-11(5-7-24-13)18(12)27-20/h3-5,7,9-10H,6,8H2,1-2H3. The molecular weight excluding hydrogens is 352 g/mol. The van der Waals surface area contributed by atoms with Crippen LogP contribution in [0.1, 0.15) is 16.8 Å². The van der Waals surface area contributed by atoms with Gasteiger partial charge in [-0.2, -0.15) is 0 Å². The highest BCUT2D eigenvalue weighted by atomic mass is 16.7. The van der Waals surface area contributed by atoms with Crippen molar-refractivity contribution < 1.29 is 32.9 Å². The fourth-order valence-electron chi connectivity index (χ4n) is 3.51. The Morgan fingerprint density at radius 2 is 1.78 bits per heavy atom. The van der Waals surface area contributed by atoms with Gasteiger partial charge in [-0.25, -0.2) is 0 Å². The molecule has 2 aliphatic rings. The molecule has 0 fully saturated rings. The molecule has 3 aromatic rings. The highest BCUT2D eigenvalue weighted by molar-refractivity contribution is 6.11. The SMILES string of the molecule is COc1cc2c(cc1OC)OC1(CCO2)Oc2c(ccc3occc23)C1=O. The van der Waals surface area contributed by atoms with Gasteiger partial charge in [0, 0.05) is 12.1 Å². The fraction of sp³-hybridized carbons (Fsp3) is 0.250. The normalized spacial score (nSPS) is 20.3. The third-order valence-corrected chi connectivity index (χ3v) is 4.86. The Labute approximate surface area is 154 Å². The first-order valence-electron chi connectivity index (χ1n) is 8.47. The van der Waals surface area contributed by atoms with Crippen LogP contribution >= 0.6 is 0 Å². The summed E-state index contributed by atoms with van der Waals surface area (Å²) in [6.45, 7) is 0.247. The van der Waals surface area contributed by atoms with Crippen molar-refractivity contribution in [2.75, 3.05) is 20.8 Å². The van der Waals surface area contributed by atoms with E-state index in [2.05, 4.69) is 0 Å². The van der Waals surface area contributed by atoms with Gasteiger partial charge in [-0.05, 0) is 18.2 Å². The molecule has 5 rings (SSSR count). The summed E-state index contributed by atoms with van der Waals surface area (Å²) in [5.41, 5.74) is 1.11. The quantitative estimate of drug-likeness (QED) is 0.684. The lowest BCUT2D eigenvalue weighted by molar-refractivity contribution is -0.0720. The molecule has 2 aliphatic heterocycles. The van der Waals surface area contributed by atoms with Crippen LogP contribution in [0.25, 0.3) is 11.0 Å². The zero-order valence-corrected chi connectivity index (χ0v) is 14.7. The van der Waals surface area contributed by atoms with E-state index in [0.717, 1.165) is 5.39 Å². The summed E-state index contributed by atoms with van der Waals surface area (Å²) >= 11 is 0. The van der Waals surface area contributed by atoms with Crippen LogP contribution in [0.4, 0.5) is 0 Å². The topological polar surface area (TPSA) is 76.4 Å². The Kier molecular flexibility index (Phi) is 3.28. The van der Waals surface area contributed by atoms with Gasteiger partial charge < -0.3 is 28.1 Å². The molecule has 138 valence electrons. The van der Waals surface area contributed by atoms with E-state index >= 15 is 0 Å². The van der Waals surface area contributed by atoms with Gasteiger partial charge in [-0.1, -0.05) is 0 Å². The Morgan fingerprint density at radius 3 is 2.56 bits per heavy atom. The molecular formula is C20H16O7. The number of benzene rings is 2. The van der Waals surface area contributed by atoms with E-state index in [9.17, 15) is 4.79 Å². The van der Waals surface area contributed by atoms with Crippen LogP contribution in [-0.2, 0) is 0 Å². The first-order chi connectivity index (χ1) is 13.1. The maximum Gasteiger partial charge on any atom is 0.319 e. The minimum Gasteiger partial charge on any atom is -0.493 e. The van der Waals surface area contributed by atoms with Gasteiger partial charge in [0.25, 0.3) is 5.78 Å². The summed E-state index contributed by atoms with van der Waals surface area (Å²) in [5.74, 6) is 0.538. The van der Waals surface area contributed by atoms with Gasteiger partial charge in [-0.3, -0.25) is 4.79 Å². The molecule has 0 aliphatic carbocycles. The van der Waals surface area contributed by atoms with Crippen LogP contribution < -0.4 is 23.7 Å². The fourth-order valence-corrected chi connectivity index (χ4v) is 3.51. The number of fused-ring (bicyclic) bond motifs is 4. The van der Waals surface area contributed by atoms with Crippen molar-refractivity contribution in [2.24, 2.45) is 0 Å². The van der Waals surface area contributed by atoms with E-state index in [1.165, 1.54) is 7.11 Å². The second kappa shape index (κ2) is 5.57. The van der Waals surface area contributed by atoms with Crippen LogP contribution in [-0.4, -0.2) is 32.4 Å². The lowest BCUT2D eigenvalue weighted by Gasteiger charge is -2.25. The molecule has 0 amide bonds. The summed E-state index contributed by atoms with van der Waals surface area (Å²) in [5, 5.41) is 0.735. The van der Waals surface area contributed by atoms with E-state index in [1.54, 1.807) is 43.7 Å². The molecule has 7 heteroatoms. The van der Waals surface area contributed by atoms with Crippen LogP contribution in [0.5, 0.6) is 28.7 Å². The largest absolute Gasteiger partial charge is 0.493 e. The Morgan fingerprint density at radius 1 is 1.00 bits per heavy atom. The molecule has 0 saturated heterocycles. The van der Waals surface area contributed by atoms with Crippen molar-refractivity contribution in [2.45, 2.75) is 12.2 Å². The first-order valence-corrected chi connectivity index (χ1v) is 8.47. The summed E-state index contributed by atoms with van der Waals surface area (Å²) in [6.07, 6.45) is 1.80. The van der Waals surface area contributed by atoms with Gasteiger partial charge in [-0.15, -0.1) is 0 Å². The monoisotopic (exact) mass is 368 g/mol. The molecule has 2 aromatic carbocycles. The van der Waals surface area contributed by atoms with Gasteiger partial charge in [0.05, 0.1) is 44.5 Å². The molecule has 27 heavy (non-hydrogen) atoms. The van der Waals surface area contributed by atoms with Crippen molar-refractivity contribution in [1.82, 2.24) is 0 Å². The minimum atomic E-state index is -1.49. The van der Waals surface area contributed by atoms with Crippen molar-refractivity contribution in [1.29, 1.82) is 0 Å². The molecule has 3 heterocycles. The van der Waals surface area contributed by atoms with Crippen molar-refractivity contribution in [3.63, 3.8) is 0 Å². The number of carbonyl (C=O) groups excluding carboxylic acids is 1. The van der Waals surface area contributed by atoms with Crippen molar-refractivity contribution in [3.05, 3.63) is 42.2 Å². The molecule has 7 nitrogen and oxygen atoms in total. The van der Waals surface area contributed by atoms with Crippen molar-refractivity contribution in [3.8, 4) is 28.7 Å². The van der Waals surface area contributed by atoms with Crippen LogP contribution in [0.2, 0.25) is 0 Å². The van der Waals surface area contributed by atoms with Gasteiger partial charge in [0.2, 0.25) is 0 Å². The molecule has 0 radical (unpaired) electrons.